The van der Waals surface area contributed by atoms with Gasteiger partial charge in [-0.05, 0) is 23.9 Å². The molecule has 0 radical (unpaired) electrons. The molecule has 0 aliphatic rings. The monoisotopic (exact) mass is 194 g/mol. The second-order valence-corrected chi connectivity index (χ2v) is 3.44. The lowest BCUT2D eigenvalue weighted by molar-refractivity contribution is 0.639. The zero-order valence-electron chi connectivity index (χ0n) is 7.14. The maximum atomic E-state index is 13.5. The predicted octanol–water partition coefficient (Wildman–Crippen LogP) is 3.94. The summed E-state index contributed by atoms with van der Waals surface area (Å²) >= 11 is 5.68. The Kier molecular flexibility index (Phi) is 1.97. The highest BCUT2D eigenvalue weighted by atomic mass is 35.5. The first-order valence-electron chi connectivity index (χ1n) is 4.03. The molecule has 2 rings (SSSR count). The van der Waals surface area contributed by atoms with Crippen LogP contribution >= 0.6 is 11.6 Å². The summed E-state index contributed by atoms with van der Waals surface area (Å²) in [5.74, 6) is -0.322. The number of halogens is 2. The first-order valence-corrected chi connectivity index (χ1v) is 4.41. The molecule has 0 N–H and O–H groups in total. The van der Waals surface area contributed by atoms with Gasteiger partial charge in [-0.15, -0.1) is 0 Å². The van der Waals surface area contributed by atoms with Gasteiger partial charge in [-0.3, -0.25) is 0 Å². The van der Waals surface area contributed by atoms with Crippen LogP contribution in [0.2, 0.25) is 5.02 Å². The minimum atomic E-state index is -0.322. The Morgan fingerprint density at radius 2 is 1.92 bits per heavy atom. The quantitative estimate of drug-likeness (QED) is 0.596. The molecule has 0 fully saturated rings. The van der Waals surface area contributed by atoms with Crippen molar-refractivity contribution in [2.75, 3.05) is 0 Å². The number of rotatable bonds is 0. The SMILES string of the molecule is Cc1cccc2ccc(Cl)c(F)c12. The number of aryl methyl sites for hydroxylation is 1. The van der Waals surface area contributed by atoms with Gasteiger partial charge in [-0.1, -0.05) is 35.9 Å². The minimum absolute atomic E-state index is 0.182. The van der Waals surface area contributed by atoms with Gasteiger partial charge in [0.25, 0.3) is 0 Å². The van der Waals surface area contributed by atoms with E-state index in [9.17, 15) is 4.39 Å². The summed E-state index contributed by atoms with van der Waals surface area (Å²) in [6, 6.07) is 9.07. The molecule has 13 heavy (non-hydrogen) atoms. The molecule has 0 aliphatic heterocycles. The molecule has 0 amide bonds. The van der Waals surface area contributed by atoms with Crippen molar-refractivity contribution in [1.29, 1.82) is 0 Å². The van der Waals surface area contributed by atoms with E-state index in [0.29, 0.717) is 5.39 Å². The molecule has 0 spiro atoms. The van der Waals surface area contributed by atoms with Crippen molar-refractivity contribution in [3.63, 3.8) is 0 Å². The van der Waals surface area contributed by atoms with Crippen LogP contribution in [0.4, 0.5) is 4.39 Å². The second kappa shape index (κ2) is 3.00. The fraction of sp³-hybridized carbons (Fsp3) is 0.0909. The van der Waals surface area contributed by atoms with Crippen molar-refractivity contribution in [2.24, 2.45) is 0 Å². The molecular formula is C11H8ClF. The summed E-state index contributed by atoms with van der Waals surface area (Å²) in [4.78, 5) is 0. The van der Waals surface area contributed by atoms with Gasteiger partial charge >= 0.3 is 0 Å². The van der Waals surface area contributed by atoms with Crippen molar-refractivity contribution in [3.8, 4) is 0 Å². The van der Waals surface area contributed by atoms with Crippen LogP contribution in [0.15, 0.2) is 30.3 Å². The second-order valence-electron chi connectivity index (χ2n) is 3.03. The molecule has 0 saturated carbocycles. The summed E-state index contributed by atoms with van der Waals surface area (Å²) < 4.78 is 13.5. The summed E-state index contributed by atoms with van der Waals surface area (Å²) in [7, 11) is 0. The van der Waals surface area contributed by atoms with E-state index in [2.05, 4.69) is 0 Å². The van der Waals surface area contributed by atoms with E-state index in [-0.39, 0.29) is 10.8 Å². The largest absolute Gasteiger partial charge is 0.205 e. The van der Waals surface area contributed by atoms with Crippen molar-refractivity contribution < 1.29 is 4.39 Å². The van der Waals surface area contributed by atoms with Crippen LogP contribution in [0.3, 0.4) is 0 Å². The first kappa shape index (κ1) is 8.52. The van der Waals surface area contributed by atoms with E-state index >= 15 is 0 Å². The maximum absolute atomic E-state index is 13.5. The minimum Gasteiger partial charge on any atom is -0.205 e. The molecule has 0 saturated heterocycles. The van der Waals surface area contributed by atoms with Gasteiger partial charge in [0.1, 0.15) is 5.82 Å². The van der Waals surface area contributed by atoms with Crippen LogP contribution < -0.4 is 0 Å². The normalized spacial score (nSPS) is 10.7. The summed E-state index contributed by atoms with van der Waals surface area (Å²) in [5.41, 5.74) is 0.914. The average molecular weight is 195 g/mol. The van der Waals surface area contributed by atoms with Gasteiger partial charge in [0.15, 0.2) is 0 Å². The number of fused-ring (bicyclic) bond motifs is 1. The van der Waals surface area contributed by atoms with Gasteiger partial charge < -0.3 is 0 Å². The van der Waals surface area contributed by atoms with Crippen LogP contribution in [0.5, 0.6) is 0 Å². The van der Waals surface area contributed by atoms with Crippen LogP contribution in [-0.4, -0.2) is 0 Å². The lowest BCUT2D eigenvalue weighted by Crippen LogP contribution is -1.84. The number of benzene rings is 2. The molecule has 66 valence electrons. The zero-order valence-corrected chi connectivity index (χ0v) is 7.90. The molecule has 0 heterocycles. The lowest BCUT2D eigenvalue weighted by Gasteiger charge is -2.03. The van der Waals surface area contributed by atoms with Crippen molar-refractivity contribution in [2.45, 2.75) is 6.92 Å². The van der Waals surface area contributed by atoms with Gasteiger partial charge in [-0.2, -0.15) is 0 Å². The molecule has 2 aromatic rings. The van der Waals surface area contributed by atoms with Gasteiger partial charge in [0.2, 0.25) is 0 Å². The third-order valence-electron chi connectivity index (χ3n) is 2.14. The van der Waals surface area contributed by atoms with Crippen molar-refractivity contribution in [1.82, 2.24) is 0 Å². The number of hydrogen-bond donors (Lipinski definition) is 0. The lowest BCUT2D eigenvalue weighted by atomic mass is 10.1. The van der Waals surface area contributed by atoms with E-state index in [0.717, 1.165) is 10.9 Å². The predicted molar refractivity (Wildman–Crippen MR) is 53.7 cm³/mol. The van der Waals surface area contributed by atoms with E-state index in [1.165, 1.54) is 0 Å². The van der Waals surface area contributed by atoms with E-state index in [4.69, 9.17) is 11.6 Å². The zero-order chi connectivity index (χ0) is 9.42. The first-order chi connectivity index (χ1) is 6.20. The summed E-state index contributed by atoms with van der Waals surface area (Å²) in [6.07, 6.45) is 0. The highest BCUT2D eigenvalue weighted by Gasteiger charge is 2.06. The molecule has 2 aromatic carbocycles. The Balaban J connectivity index is 2.97. The molecule has 0 atom stereocenters. The molecule has 0 aliphatic carbocycles. The third-order valence-corrected chi connectivity index (χ3v) is 2.44. The average Bonchev–Trinajstić information content (AvgIpc) is 2.12. The van der Waals surface area contributed by atoms with Crippen molar-refractivity contribution in [3.05, 3.63) is 46.7 Å². The van der Waals surface area contributed by atoms with Crippen LogP contribution in [0.1, 0.15) is 5.56 Å². The van der Waals surface area contributed by atoms with E-state index < -0.39 is 0 Å². The Morgan fingerprint density at radius 3 is 2.69 bits per heavy atom. The molecule has 0 unspecified atom stereocenters. The topological polar surface area (TPSA) is 0 Å². The standard InChI is InChI=1S/C11H8ClF/c1-7-3-2-4-8-5-6-9(12)11(13)10(7)8/h2-6H,1H3. The maximum Gasteiger partial charge on any atom is 0.149 e. The Bertz CT molecular complexity index is 463. The molecule has 0 nitrogen and oxygen atoms in total. The van der Waals surface area contributed by atoms with Crippen LogP contribution in [0.25, 0.3) is 10.8 Å². The fourth-order valence-electron chi connectivity index (χ4n) is 1.48. The van der Waals surface area contributed by atoms with Crippen LogP contribution in [-0.2, 0) is 0 Å². The summed E-state index contributed by atoms with van der Waals surface area (Å²) in [5, 5.41) is 1.69. The Morgan fingerprint density at radius 1 is 1.15 bits per heavy atom. The molecule has 0 bridgehead atoms. The van der Waals surface area contributed by atoms with Gasteiger partial charge in [0.05, 0.1) is 5.02 Å². The van der Waals surface area contributed by atoms with Gasteiger partial charge in [0, 0.05) is 5.39 Å². The molecule has 2 heteroatoms. The fourth-order valence-corrected chi connectivity index (χ4v) is 1.64. The Labute approximate surface area is 80.9 Å². The van der Waals surface area contributed by atoms with E-state index in [1.54, 1.807) is 6.07 Å². The molecule has 0 aromatic heterocycles. The van der Waals surface area contributed by atoms with Crippen molar-refractivity contribution >= 4 is 22.4 Å². The van der Waals surface area contributed by atoms with E-state index in [1.807, 2.05) is 31.2 Å². The van der Waals surface area contributed by atoms with Crippen LogP contribution in [0, 0.1) is 12.7 Å². The summed E-state index contributed by atoms with van der Waals surface area (Å²) in [6.45, 7) is 1.88. The number of hydrogen-bond acceptors (Lipinski definition) is 0. The third kappa shape index (κ3) is 1.29. The molecular weight excluding hydrogens is 187 g/mol. The smallest absolute Gasteiger partial charge is 0.149 e. The highest BCUT2D eigenvalue weighted by molar-refractivity contribution is 6.31. The van der Waals surface area contributed by atoms with Gasteiger partial charge in [-0.25, -0.2) is 4.39 Å². The highest BCUT2D eigenvalue weighted by Crippen LogP contribution is 2.26. The Hall–Kier alpha value is -1.08.